The van der Waals surface area contributed by atoms with Crippen molar-refractivity contribution >= 4 is 22.8 Å². The number of para-hydroxylation sites is 1. The lowest BCUT2D eigenvalue weighted by molar-refractivity contribution is -0.143. The van der Waals surface area contributed by atoms with Gasteiger partial charge >= 0.3 is 5.97 Å². The Morgan fingerprint density at radius 3 is 2.59 bits per heavy atom. The van der Waals surface area contributed by atoms with Crippen molar-refractivity contribution in [1.82, 2.24) is 9.88 Å². The fraction of sp³-hybridized carbons (Fsp3) is 0.412. The van der Waals surface area contributed by atoms with E-state index in [2.05, 4.69) is 5.32 Å². The zero-order valence-electron chi connectivity index (χ0n) is 13.2. The van der Waals surface area contributed by atoms with Gasteiger partial charge in [0.25, 0.3) is 0 Å². The monoisotopic (exact) mass is 302 g/mol. The third-order valence-corrected chi connectivity index (χ3v) is 3.85. The minimum absolute atomic E-state index is 0.140. The van der Waals surface area contributed by atoms with E-state index < -0.39 is 12.0 Å². The van der Waals surface area contributed by atoms with Crippen molar-refractivity contribution in [3.8, 4) is 0 Å². The molecule has 0 aliphatic carbocycles. The highest BCUT2D eigenvalue weighted by Crippen LogP contribution is 2.21. The third kappa shape index (κ3) is 3.47. The largest absolute Gasteiger partial charge is 0.480 e. The fourth-order valence-corrected chi connectivity index (χ4v) is 2.63. The van der Waals surface area contributed by atoms with Crippen LogP contribution < -0.4 is 5.32 Å². The van der Waals surface area contributed by atoms with Crippen LogP contribution >= 0.6 is 0 Å². The average Bonchev–Trinajstić information content (AvgIpc) is 2.79. The standard InChI is InChI=1S/C17H22N2O3/c1-11(2)16(17(21)22)18-15(20)9-8-12-10-19(3)14-7-5-4-6-13(12)14/h4-7,10-11,16H,8-9H2,1-3H3,(H,18,20)(H,21,22). The number of fused-ring (bicyclic) bond motifs is 1. The van der Waals surface area contributed by atoms with Gasteiger partial charge in [0.05, 0.1) is 0 Å². The maximum absolute atomic E-state index is 12.0. The van der Waals surface area contributed by atoms with Crippen LogP contribution in [0.2, 0.25) is 0 Å². The molecule has 1 aromatic carbocycles. The first-order valence-electron chi connectivity index (χ1n) is 7.45. The number of carbonyl (C=O) groups excluding carboxylic acids is 1. The van der Waals surface area contributed by atoms with E-state index in [1.165, 1.54) is 0 Å². The van der Waals surface area contributed by atoms with Gasteiger partial charge in [-0.2, -0.15) is 0 Å². The van der Waals surface area contributed by atoms with Gasteiger partial charge in [-0.1, -0.05) is 32.0 Å². The van der Waals surface area contributed by atoms with E-state index in [4.69, 9.17) is 5.11 Å². The van der Waals surface area contributed by atoms with Crippen molar-refractivity contribution in [2.24, 2.45) is 13.0 Å². The van der Waals surface area contributed by atoms with Gasteiger partial charge in [-0.05, 0) is 24.0 Å². The molecule has 22 heavy (non-hydrogen) atoms. The number of nitrogens with one attached hydrogen (secondary N) is 1. The summed E-state index contributed by atoms with van der Waals surface area (Å²) in [6.45, 7) is 3.56. The van der Waals surface area contributed by atoms with E-state index >= 15 is 0 Å². The minimum atomic E-state index is -0.992. The molecule has 5 heteroatoms. The third-order valence-electron chi connectivity index (χ3n) is 3.85. The highest BCUT2D eigenvalue weighted by molar-refractivity contribution is 5.86. The maximum atomic E-state index is 12.0. The first-order chi connectivity index (χ1) is 10.4. The number of carbonyl (C=O) groups is 2. The molecule has 2 aromatic rings. The summed E-state index contributed by atoms with van der Waals surface area (Å²) in [6.07, 6.45) is 2.90. The Kier molecular flexibility index (Phi) is 4.85. The van der Waals surface area contributed by atoms with Gasteiger partial charge in [-0.25, -0.2) is 4.79 Å². The molecule has 0 aliphatic heterocycles. The SMILES string of the molecule is CC(C)C(NC(=O)CCc1cn(C)c2ccccc12)C(=O)O. The normalized spacial score (nSPS) is 12.5. The molecule has 1 atom stereocenters. The molecule has 0 saturated carbocycles. The molecule has 1 aromatic heterocycles. The van der Waals surface area contributed by atoms with Crippen LogP contribution in [-0.4, -0.2) is 27.6 Å². The van der Waals surface area contributed by atoms with Crippen LogP contribution in [0.15, 0.2) is 30.5 Å². The van der Waals surface area contributed by atoms with Crippen LogP contribution in [0.5, 0.6) is 0 Å². The van der Waals surface area contributed by atoms with Crippen molar-refractivity contribution in [3.63, 3.8) is 0 Å². The zero-order valence-corrected chi connectivity index (χ0v) is 13.2. The molecule has 0 bridgehead atoms. The van der Waals surface area contributed by atoms with Crippen molar-refractivity contribution in [2.75, 3.05) is 0 Å². The lowest BCUT2D eigenvalue weighted by atomic mass is 10.0. The molecule has 0 saturated heterocycles. The molecule has 1 amide bonds. The molecule has 0 spiro atoms. The molecule has 0 fully saturated rings. The van der Waals surface area contributed by atoms with E-state index in [0.29, 0.717) is 6.42 Å². The second-order valence-corrected chi connectivity index (χ2v) is 5.91. The van der Waals surface area contributed by atoms with Gasteiger partial charge in [-0.15, -0.1) is 0 Å². The Balaban J connectivity index is 2.03. The van der Waals surface area contributed by atoms with Gasteiger partial charge in [0, 0.05) is 30.6 Å². The number of hydrogen-bond acceptors (Lipinski definition) is 2. The molecule has 0 radical (unpaired) electrons. The number of carboxylic acid groups (broad SMARTS) is 1. The van der Waals surface area contributed by atoms with E-state index in [-0.39, 0.29) is 18.2 Å². The number of aliphatic carboxylic acids is 1. The average molecular weight is 302 g/mol. The van der Waals surface area contributed by atoms with Gasteiger partial charge in [0.2, 0.25) is 5.91 Å². The Morgan fingerprint density at radius 2 is 1.95 bits per heavy atom. The Morgan fingerprint density at radius 1 is 1.27 bits per heavy atom. The highest BCUT2D eigenvalue weighted by atomic mass is 16.4. The van der Waals surface area contributed by atoms with E-state index in [9.17, 15) is 9.59 Å². The number of rotatable bonds is 6. The predicted octanol–water partition coefficient (Wildman–Crippen LogP) is 2.34. The summed E-state index contributed by atoms with van der Waals surface area (Å²) >= 11 is 0. The summed E-state index contributed by atoms with van der Waals surface area (Å²) in [7, 11) is 1.98. The molecule has 1 unspecified atom stereocenters. The first-order valence-corrected chi connectivity index (χ1v) is 7.45. The number of aryl methyl sites for hydroxylation is 2. The van der Waals surface area contributed by atoms with Crippen molar-refractivity contribution in [2.45, 2.75) is 32.7 Å². The summed E-state index contributed by atoms with van der Waals surface area (Å²) in [5.41, 5.74) is 2.23. The number of carboxylic acids is 1. The van der Waals surface area contributed by atoms with Crippen molar-refractivity contribution < 1.29 is 14.7 Å². The molecule has 1 heterocycles. The van der Waals surface area contributed by atoms with Gasteiger partial charge in [-0.3, -0.25) is 4.79 Å². The second kappa shape index (κ2) is 6.64. The molecule has 5 nitrogen and oxygen atoms in total. The van der Waals surface area contributed by atoms with Crippen LogP contribution in [0.3, 0.4) is 0 Å². The maximum Gasteiger partial charge on any atom is 0.326 e. The van der Waals surface area contributed by atoms with Gasteiger partial charge in [0.15, 0.2) is 0 Å². The number of benzene rings is 1. The molecule has 2 N–H and O–H groups in total. The Bertz CT molecular complexity index is 688. The first kappa shape index (κ1) is 16.1. The summed E-state index contributed by atoms with van der Waals surface area (Å²) in [5, 5.41) is 12.8. The summed E-state index contributed by atoms with van der Waals surface area (Å²) < 4.78 is 2.04. The minimum Gasteiger partial charge on any atom is -0.480 e. The second-order valence-electron chi connectivity index (χ2n) is 5.91. The van der Waals surface area contributed by atoms with Crippen LogP contribution in [-0.2, 0) is 23.1 Å². The molecule has 2 rings (SSSR count). The quantitative estimate of drug-likeness (QED) is 0.860. The highest BCUT2D eigenvalue weighted by Gasteiger charge is 2.23. The Labute approximate surface area is 129 Å². The van der Waals surface area contributed by atoms with Crippen molar-refractivity contribution in [1.29, 1.82) is 0 Å². The predicted molar refractivity (Wildman–Crippen MR) is 85.6 cm³/mol. The van der Waals surface area contributed by atoms with Crippen LogP contribution in [0.1, 0.15) is 25.8 Å². The molecular weight excluding hydrogens is 280 g/mol. The summed E-state index contributed by atoms with van der Waals surface area (Å²) in [6, 6.07) is 7.21. The Hall–Kier alpha value is -2.30. The lowest BCUT2D eigenvalue weighted by Crippen LogP contribution is -2.44. The number of aromatic nitrogens is 1. The van der Waals surface area contributed by atoms with Gasteiger partial charge in [0.1, 0.15) is 6.04 Å². The van der Waals surface area contributed by atoms with Gasteiger partial charge < -0.3 is 15.0 Å². The smallest absolute Gasteiger partial charge is 0.326 e. The number of amides is 1. The number of hydrogen-bond donors (Lipinski definition) is 2. The van der Waals surface area contributed by atoms with Crippen LogP contribution in [0.4, 0.5) is 0 Å². The van der Waals surface area contributed by atoms with E-state index in [1.54, 1.807) is 13.8 Å². The van der Waals surface area contributed by atoms with E-state index in [0.717, 1.165) is 16.5 Å². The van der Waals surface area contributed by atoms with Crippen molar-refractivity contribution in [3.05, 3.63) is 36.0 Å². The summed E-state index contributed by atoms with van der Waals surface area (Å²) in [4.78, 5) is 23.1. The summed E-state index contributed by atoms with van der Waals surface area (Å²) in [5.74, 6) is -1.36. The lowest BCUT2D eigenvalue weighted by Gasteiger charge is -2.17. The van der Waals surface area contributed by atoms with Crippen LogP contribution in [0.25, 0.3) is 10.9 Å². The fourth-order valence-electron chi connectivity index (χ4n) is 2.63. The molecule has 118 valence electrons. The van der Waals surface area contributed by atoms with Crippen LogP contribution in [0, 0.1) is 5.92 Å². The number of nitrogens with zero attached hydrogens (tertiary/aromatic N) is 1. The molecule has 0 aliphatic rings. The topological polar surface area (TPSA) is 71.3 Å². The molecular formula is C17H22N2O3. The van der Waals surface area contributed by atoms with E-state index in [1.807, 2.05) is 42.1 Å². The zero-order chi connectivity index (χ0) is 16.3.